The van der Waals surface area contributed by atoms with Crippen LogP contribution in [0.5, 0.6) is 0 Å². The molecule has 0 fully saturated rings. The maximum atomic E-state index is 12.8. The molecule has 2 amide bonds. The lowest BCUT2D eigenvalue weighted by Gasteiger charge is -2.13. The zero-order valence-electron chi connectivity index (χ0n) is 17.8. The van der Waals surface area contributed by atoms with Crippen molar-refractivity contribution in [2.45, 2.75) is 25.7 Å². The van der Waals surface area contributed by atoms with Gasteiger partial charge < -0.3 is 20.1 Å². The quantitative estimate of drug-likeness (QED) is 0.235. The highest BCUT2D eigenvalue weighted by Crippen LogP contribution is 2.38. The van der Waals surface area contributed by atoms with Gasteiger partial charge in [-0.2, -0.15) is 0 Å². The van der Waals surface area contributed by atoms with E-state index in [0.717, 1.165) is 48.3 Å². The molecule has 176 valence electrons. The van der Waals surface area contributed by atoms with Crippen LogP contribution in [0.15, 0.2) is 18.2 Å². The summed E-state index contributed by atoms with van der Waals surface area (Å²) in [5, 5.41) is 17.1. The van der Waals surface area contributed by atoms with E-state index >= 15 is 0 Å². The van der Waals surface area contributed by atoms with E-state index < -0.39 is 29.1 Å². The van der Waals surface area contributed by atoms with Crippen LogP contribution in [0.3, 0.4) is 0 Å². The molecule has 0 atom stereocenters. The summed E-state index contributed by atoms with van der Waals surface area (Å²) >= 11 is 7.15. The Balaban J connectivity index is 1.71. The maximum Gasteiger partial charge on any atom is 0.345 e. The first-order valence-electron chi connectivity index (χ1n) is 10.1. The van der Waals surface area contributed by atoms with Gasteiger partial charge in [-0.1, -0.05) is 11.6 Å². The van der Waals surface area contributed by atoms with Crippen molar-refractivity contribution in [3.8, 4) is 0 Å². The lowest BCUT2D eigenvalue weighted by atomic mass is 9.95. The summed E-state index contributed by atoms with van der Waals surface area (Å²) in [7, 11) is 1.53. The van der Waals surface area contributed by atoms with Crippen molar-refractivity contribution >= 4 is 51.4 Å². The van der Waals surface area contributed by atoms with Gasteiger partial charge in [0, 0.05) is 29.6 Å². The Morgan fingerprint density at radius 2 is 2.00 bits per heavy atom. The number of ether oxygens (including phenoxy) is 2. The fourth-order valence-electron chi connectivity index (χ4n) is 3.45. The van der Waals surface area contributed by atoms with Crippen molar-refractivity contribution in [2.24, 2.45) is 0 Å². The number of esters is 1. The third-order valence-electron chi connectivity index (χ3n) is 4.95. The maximum absolute atomic E-state index is 12.8. The summed E-state index contributed by atoms with van der Waals surface area (Å²) in [6.07, 6.45) is 3.51. The van der Waals surface area contributed by atoms with Crippen LogP contribution in [0.2, 0.25) is 5.02 Å². The van der Waals surface area contributed by atoms with E-state index in [1.807, 2.05) is 0 Å². The Morgan fingerprint density at radius 1 is 1.24 bits per heavy atom. The number of carbonyl (C=O) groups is 3. The van der Waals surface area contributed by atoms with Gasteiger partial charge in [0.2, 0.25) is 0 Å². The Kier molecular flexibility index (Phi) is 8.37. The second-order valence-electron chi connectivity index (χ2n) is 7.21. The van der Waals surface area contributed by atoms with Crippen molar-refractivity contribution in [1.82, 2.24) is 5.32 Å². The molecule has 0 radical (unpaired) electrons. The van der Waals surface area contributed by atoms with Crippen molar-refractivity contribution in [1.29, 1.82) is 0 Å². The minimum Gasteiger partial charge on any atom is -0.452 e. The number of thiophene rings is 1. The molecule has 0 saturated carbocycles. The van der Waals surface area contributed by atoms with Crippen molar-refractivity contribution < 1.29 is 28.8 Å². The molecule has 0 bridgehead atoms. The largest absolute Gasteiger partial charge is 0.452 e. The zero-order valence-corrected chi connectivity index (χ0v) is 19.3. The molecule has 33 heavy (non-hydrogen) atoms. The number of fused-ring (bicyclic) bond motifs is 1. The predicted molar refractivity (Wildman–Crippen MR) is 122 cm³/mol. The molecular weight excluding hydrogens is 474 g/mol. The van der Waals surface area contributed by atoms with Gasteiger partial charge in [-0.25, -0.2) is 4.79 Å². The smallest absolute Gasteiger partial charge is 0.345 e. The monoisotopic (exact) mass is 495 g/mol. The molecule has 12 heteroatoms. The molecule has 10 nitrogen and oxygen atoms in total. The van der Waals surface area contributed by atoms with Crippen LogP contribution >= 0.6 is 22.9 Å². The van der Waals surface area contributed by atoms with E-state index in [1.165, 1.54) is 24.5 Å². The molecule has 1 heterocycles. The number of amides is 2. The molecular formula is C21H22ClN3O7S. The average Bonchev–Trinajstić information content (AvgIpc) is 3.15. The topological polar surface area (TPSA) is 137 Å². The normalized spacial score (nSPS) is 12.5. The number of hydrogen-bond acceptors (Lipinski definition) is 8. The number of nitrogens with one attached hydrogen (secondary N) is 2. The lowest BCUT2D eigenvalue weighted by molar-refractivity contribution is -0.385. The highest BCUT2D eigenvalue weighted by atomic mass is 35.5. The molecule has 0 unspecified atom stereocenters. The van der Waals surface area contributed by atoms with E-state index in [-0.39, 0.29) is 16.5 Å². The fourth-order valence-corrected chi connectivity index (χ4v) is 4.93. The number of halogens is 1. The second-order valence-corrected chi connectivity index (χ2v) is 8.75. The van der Waals surface area contributed by atoms with Gasteiger partial charge in [0.15, 0.2) is 6.61 Å². The first-order valence-corrected chi connectivity index (χ1v) is 11.3. The van der Waals surface area contributed by atoms with Crippen LogP contribution in [0.1, 0.15) is 44.0 Å². The van der Waals surface area contributed by atoms with Crippen LogP contribution in [-0.2, 0) is 27.1 Å². The Hall–Kier alpha value is -3.02. The molecule has 2 aromatic rings. The van der Waals surface area contributed by atoms with Crippen LogP contribution in [0, 0.1) is 10.1 Å². The minimum absolute atomic E-state index is 0.116. The molecule has 0 saturated heterocycles. The van der Waals surface area contributed by atoms with Gasteiger partial charge in [-0.05, 0) is 43.4 Å². The number of hydrogen-bond donors (Lipinski definition) is 2. The summed E-state index contributed by atoms with van der Waals surface area (Å²) in [5.41, 5.74) is 0.495. The van der Waals surface area contributed by atoms with Crippen LogP contribution in [0.25, 0.3) is 0 Å². The number of anilines is 1. The molecule has 1 aliphatic carbocycles. The molecule has 3 rings (SSSR count). The third kappa shape index (κ3) is 6.06. The third-order valence-corrected chi connectivity index (χ3v) is 6.39. The highest BCUT2D eigenvalue weighted by Gasteiger charge is 2.27. The summed E-state index contributed by atoms with van der Waals surface area (Å²) in [6, 6.07) is 3.47. The van der Waals surface area contributed by atoms with E-state index in [9.17, 15) is 24.5 Å². The van der Waals surface area contributed by atoms with E-state index in [0.29, 0.717) is 23.7 Å². The number of nitrogens with zero attached hydrogens (tertiary/aromatic N) is 1. The van der Waals surface area contributed by atoms with Crippen molar-refractivity contribution in [3.05, 3.63) is 54.9 Å². The van der Waals surface area contributed by atoms with Crippen LogP contribution in [-0.4, -0.2) is 49.6 Å². The van der Waals surface area contributed by atoms with Gasteiger partial charge in [-0.3, -0.25) is 19.7 Å². The predicted octanol–water partition coefficient (Wildman–Crippen LogP) is 3.36. The minimum atomic E-state index is -1.05. The second kappa shape index (κ2) is 11.2. The molecule has 0 spiro atoms. The zero-order chi connectivity index (χ0) is 24.0. The molecule has 2 N–H and O–H groups in total. The van der Waals surface area contributed by atoms with Crippen molar-refractivity contribution in [2.75, 3.05) is 32.2 Å². The Bertz CT molecular complexity index is 1090. The number of benzene rings is 1. The molecule has 1 aromatic heterocycles. The SMILES string of the molecule is COCCNC(=O)c1c(NC(=O)COC(=O)c2cc(Cl)ccc2[N+](=O)[O-])sc2c1CCCC2. The number of nitro benzene ring substituents is 1. The van der Waals surface area contributed by atoms with Gasteiger partial charge >= 0.3 is 5.97 Å². The number of methoxy groups -OCH3 is 1. The number of nitro groups is 1. The number of aryl methyl sites for hydroxylation is 1. The lowest BCUT2D eigenvalue weighted by Crippen LogP contribution is -2.29. The standard InChI is InChI=1S/C21H22ClN3O7S/c1-31-9-8-23-19(27)18-13-4-2-3-5-16(13)33-20(18)24-17(26)11-32-21(28)14-10-12(22)6-7-15(14)25(29)30/h6-7,10H,2-5,8-9,11H2,1H3,(H,23,27)(H,24,26). The molecule has 1 aromatic carbocycles. The average molecular weight is 496 g/mol. The van der Waals surface area contributed by atoms with Crippen molar-refractivity contribution in [3.63, 3.8) is 0 Å². The van der Waals surface area contributed by atoms with Gasteiger partial charge in [0.05, 0.1) is 17.1 Å². The van der Waals surface area contributed by atoms with Gasteiger partial charge in [-0.15, -0.1) is 11.3 Å². The number of rotatable bonds is 9. The summed E-state index contributed by atoms with van der Waals surface area (Å²) < 4.78 is 9.92. The van der Waals surface area contributed by atoms with E-state index in [1.54, 1.807) is 0 Å². The van der Waals surface area contributed by atoms with Gasteiger partial charge in [0.1, 0.15) is 10.6 Å². The first kappa shape index (κ1) is 24.6. The highest BCUT2D eigenvalue weighted by molar-refractivity contribution is 7.17. The van der Waals surface area contributed by atoms with E-state index in [2.05, 4.69) is 10.6 Å². The Morgan fingerprint density at radius 3 is 2.73 bits per heavy atom. The molecule has 0 aliphatic heterocycles. The summed E-state index contributed by atoms with van der Waals surface area (Å²) in [5.74, 6) is -2.03. The first-order chi connectivity index (χ1) is 15.8. The Labute approximate surface area is 198 Å². The van der Waals surface area contributed by atoms with Gasteiger partial charge in [0.25, 0.3) is 17.5 Å². The molecule has 1 aliphatic rings. The number of carbonyl (C=O) groups excluding carboxylic acids is 3. The summed E-state index contributed by atoms with van der Waals surface area (Å²) in [6.45, 7) is -0.00940. The van der Waals surface area contributed by atoms with E-state index in [4.69, 9.17) is 21.1 Å². The summed E-state index contributed by atoms with van der Waals surface area (Å²) in [4.78, 5) is 49.0. The van der Waals surface area contributed by atoms with Crippen LogP contribution in [0.4, 0.5) is 10.7 Å². The van der Waals surface area contributed by atoms with Crippen LogP contribution < -0.4 is 10.6 Å². The fraction of sp³-hybridized carbons (Fsp3) is 0.381.